The monoisotopic (exact) mass is 363 g/mol. The normalized spacial score (nSPS) is 16.1. The van der Waals surface area contributed by atoms with Crippen LogP contribution in [0.25, 0.3) is 0 Å². The highest BCUT2D eigenvalue weighted by atomic mass is 35.5. The predicted octanol–water partition coefficient (Wildman–Crippen LogP) is 5.09. The minimum absolute atomic E-state index is 0.0704. The van der Waals surface area contributed by atoms with Gasteiger partial charge in [0.15, 0.2) is 0 Å². The molecule has 1 aliphatic carbocycles. The van der Waals surface area contributed by atoms with Gasteiger partial charge in [0.2, 0.25) is 5.91 Å². The number of nitrogens with one attached hydrogen (secondary N) is 1. The first-order chi connectivity index (χ1) is 11.6. The van der Waals surface area contributed by atoms with E-state index in [1.807, 2.05) is 6.07 Å². The van der Waals surface area contributed by atoms with Gasteiger partial charge in [0.25, 0.3) is 0 Å². The predicted molar refractivity (Wildman–Crippen MR) is 96.4 cm³/mol. The molecular weight excluding hydrogens is 345 g/mol. The van der Waals surface area contributed by atoms with Crippen LogP contribution in [0.15, 0.2) is 36.8 Å². The maximum atomic E-state index is 12.8. The van der Waals surface area contributed by atoms with Crippen molar-refractivity contribution in [3.8, 4) is 0 Å². The minimum Gasteiger partial charge on any atom is -0.310 e. The zero-order valence-corrected chi connectivity index (χ0v) is 14.7. The van der Waals surface area contributed by atoms with E-state index in [0.29, 0.717) is 21.8 Å². The van der Waals surface area contributed by atoms with Crippen molar-refractivity contribution in [3.05, 3.63) is 52.4 Å². The summed E-state index contributed by atoms with van der Waals surface area (Å²) in [6.45, 7) is 0. The Hall–Kier alpha value is -1.65. The summed E-state index contributed by atoms with van der Waals surface area (Å²) >= 11 is 12.2. The van der Waals surface area contributed by atoms with Crippen LogP contribution in [0.3, 0.4) is 0 Å². The van der Waals surface area contributed by atoms with E-state index in [-0.39, 0.29) is 11.8 Å². The molecule has 0 aliphatic heterocycles. The molecule has 1 heterocycles. The van der Waals surface area contributed by atoms with Crippen molar-refractivity contribution in [1.29, 1.82) is 0 Å². The highest BCUT2D eigenvalue weighted by Crippen LogP contribution is 2.36. The van der Waals surface area contributed by atoms with E-state index in [9.17, 15) is 4.79 Å². The zero-order valence-electron chi connectivity index (χ0n) is 13.2. The smallest absolute Gasteiger partial charge is 0.233 e. The summed E-state index contributed by atoms with van der Waals surface area (Å²) in [5.41, 5.74) is 0.892. The Kier molecular flexibility index (Phi) is 5.69. The number of nitrogens with zero attached hydrogens (tertiary/aromatic N) is 2. The Labute approximate surface area is 151 Å². The van der Waals surface area contributed by atoms with Crippen molar-refractivity contribution in [2.24, 2.45) is 5.92 Å². The van der Waals surface area contributed by atoms with E-state index in [2.05, 4.69) is 15.3 Å². The fraction of sp³-hybridized carbons (Fsp3) is 0.389. The number of hydrogen-bond donors (Lipinski definition) is 1. The first-order valence-corrected chi connectivity index (χ1v) is 8.91. The summed E-state index contributed by atoms with van der Waals surface area (Å²) in [7, 11) is 0. The summed E-state index contributed by atoms with van der Waals surface area (Å²) in [6, 6.07) is 7.11. The molecule has 1 atom stereocenters. The SMILES string of the molecule is O=C(Nc1ccncn1)[C@H](CC1CCCC1)c1ccc(Cl)c(Cl)c1. The second kappa shape index (κ2) is 7.95. The number of halogens is 2. The van der Waals surface area contributed by atoms with Gasteiger partial charge >= 0.3 is 0 Å². The molecular formula is C18H19Cl2N3O. The Bertz CT molecular complexity index is 703. The van der Waals surface area contributed by atoms with Gasteiger partial charge in [-0.25, -0.2) is 9.97 Å². The summed E-state index contributed by atoms with van der Waals surface area (Å²) in [5.74, 6) is 0.740. The molecule has 0 unspecified atom stereocenters. The number of anilines is 1. The second-order valence-electron chi connectivity index (χ2n) is 6.20. The summed E-state index contributed by atoms with van der Waals surface area (Å²) in [5, 5.41) is 3.85. The maximum Gasteiger partial charge on any atom is 0.233 e. The van der Waals surface area contributed by atoms with Crippen LogP contribution in [-0.2, 0) is 4.79 Å². The summed E-state index contributed by atoms with van der Waals surface area (Å²) in [4.78, 5) is 20.8. The van der Waals surface area contributed by atoms with Crippen molar-refractivity contribution in [2.45, 2.75) is 38.0 Å². The number of benzene rings is 1. The number of hydrogen-bond acceptors (Lipinski definition) is 3. The van der Waals surface area contributed by atoms with Gasteiger partial charge in [-0.15, -0.1) is 0 Å². The lowest BCUT2D eigenvalue weighted by molar-refractivity contribution is -0.118. The lowest BCUT2D eigenvalue weighted by atomic mass is 9.87. The lowest BCUT2D eigenvalue weighted by Crippen LogP contribution is -2.23. The molecule has 2 aromatic rings. The van der Waals surface area contributed by atoms with E-state index in [1.54, 1.807) is 24.4 Å². The Morgan fingerprint density at radius 1 is 1.21 bits per heavy atom. The quantitative estimate of drug-likeness (QED) is 0.804. The number of carbonyl (C=O) groups excluding carboxylic acids is 1. The average molecular weight is 364 g/mol. The minimum atomic E-state index is -0.266. The van der Waals surface area contributed by atoms with Gasteiger partial charge < -0.3 is 5.32 Å². The molecule has 1 fully saturated rings. The Morgan fingerprint density at radius 3 is 2.67 bits per heavy atom. The topological polar surface area (TPSA) is 54.9 Å². The lowest BCUT2D eigenvalue weighted by Gasteiger charge is -2.21. The Balaban J connectivity index is 1.82. The molecule has 0 spiro atoms. The van der Waals surface area contributed by atoms with E-state index in [4.69, 9.17) is 23.2 Å². The molecule has 1 aromatic carbocycles. The average Bonchev–Trinajstić information content (AvgIpc) is 3.09. The third-order valence-electron chi connectivity index (χ3n) is 4.54. The molecule has 1 amide bonds. The molecule has 0 bridgehead atoms. The van der Waals surface area contributed by atoms with Crippen molar-refractivity contribution in [1.82, 2.24) is 9.97 Å². The highest BCUT2D eigenvalue weighted by molar-refractivity contribution is 6.42. The van der Waals surface area contributed by atoms with Crippen molar-refractivity contribution in [3.63, 3.8) is 0 Å². The summed E-state index contributed by atoms with van der Waals surface area (Å²) < 4.78 is 0. The number of rotatable bonds is 5. The first-order valence-electron chi connectivity index (χ1n) is 8.15. The van der Waals surface area contributed by atoms with Crippen molar-refractivity contribution < 1.29 is 4.79 Å². The second-order valence-corrected chi connectivity index (χ2v) is 7.01. The van der Waals surface area contributed by atoms with Gasteiger partial charge in [0.1, 0.15) is 12.1 Å². The largest absolute Gasteiger partial charge is 0.310 e. The molecule has 1 saturated carbocycles. The van der Waals surface area contributed by atoms with Gasteiger partial charge in [0.05, 0.1) is 16.0 Å². The third-order valence-corrected chi connectivity index (χ3v) is 5.28. The summed E-state index contributed by atoms with van der Waals surface area (Å²) in [6.07, 6.45) is 8.68. The molecule has 4 nitrogen and oxygen atoms in total. The van der Waals surface area contributed by atoms with Gasteiger partial charge in [-0.05, 0) is 36.1 Å². The van der Waals surface area contributed by atoms with Gasteiger partial charge in [-0.2, -0.15) is 0 Å². The number of carbonyl (C=O) groups is 1. The molecule has 0 saturated heterocycles. The van der Waals surface area contributed by atoms with E-state index < -0.39 is 0 Å². The molecule has 3 rings (SSSR count). The van der Waals surface area contributed by atoms with Crippen molar-refractivity contribution in [2.75, 3.05) is 5.32 Å². The molecule has 126 valence electrons. The van der Waals surface area contributed by atoms with Crippen LogP contribution in [0.5, 0.6) is 0 Å². The molecule has 1 aliphatic rings. The highest BCUT2D eigenvalue weighted by Gasteiger charge is 2.27. The molecule has 1 aromatic heterocycles. The van der Waals surface area contributed by atoms with Gasteiger partial charge in [-0.1, -0.05) is 55.0 Å². The van der Waals surface area contributed by atoms with E-state index in [1.165, 1.54) is 32.0 Å². The number of aromatic nitrogens is 2. The van der Waals surface area contributed by atoms with Crippen LogP contribution in [0.4, 0.5) is 5.82 Å². The first kappa shape index (κ1) is 17.2. The van der Waals surface area contributed by atoms with Crippen LogP contribution < -0.4 is 5.32 Å². The van der Waals surface area contributed by atoms with Crippen LogP contribution >= 0.6 is 23.2 Å². The Morgan fingerprint density at radius 2 is 2.00 bits per heavy atom. The molecule has 1 N–H and O–H groups in total. The van der Waals surface area contributed by atoms with Crippen LogP contribution in [-0.4, -0.2) is 15.9 Å². The fourth-order valence-electron chi connectivity index (χ4n) is 3.28. The van der Waals surface area contributed by atoms with Crippen molar-refractivity contribution >= 4 is 34.9 Å². The molecule has 24 heavy (non-hydrogen) atoms. The van der Waals surface area contributed by atoms with Gasteiger partial charge in [0, 0.05) is 6.20 Å². The third kappa shape index (κ3) is 4.25. The van der Waals surface area contributed by atoms with Crippen LogP contribution in [0, 0.1) is 5.92 Å². The standard InChI is InChI=1S/C18H19Cl2N3O/c19-15-6-5-13(10-16(15)20)14(9-12-3-1-2-4-12)18(24)23-17-7-8-21-11-22-17/h5-8,10-12,14H,1-4,9H2,(H,21,22,23,24)/t14-/m1/s1. The molecule has 0 radical (unpaired) electrons. The van der Waals surface area contributed by atoms with E-state index in [0.717, 1.165) is 12.0 Å². The maximum absolute atomic E-state index is 12.8. The van der Waals surface area contributed by atoms with Gasteiger partial charge in [-0.3, -0.25) is 4.79 Å². The van der Waals surface area contributed by atoms with Crippen LogP contribution in [0.2, 0.25) is 10.0 Å². The van der Waals surface area contributed by atoms with E-state index >= 15 is 0 Å². The number of amides is 1. The fourth-order valence-corrected chi connectivity index (χ4v) is 3.59. The zero-order chi connectivity index (χ0) is 16.9. The molecule has 6 heteroatoms. The van der Waals surface area contributed by atoms with Crippen LogP contribution in [0.1, 0.15) is 43.6 Å².